The summed E-state index contributed by atoms with van der Waals surface area (Å²) >= 11 is 3.41. The number of amides is 1. The fraction of sp³-hybridized carbons (Fsp3) is 0.333. The van der Waals surface area contributed by atoms with Gasteiger partial charge in [0.15, 0.2) is 21.7 Å². The Morgan fingerprint density at radius 3 is 2.75 bits per heavy atom. The van der Waals surface area contributed by atoms with Gasteiger partial charge in [-0.25, -0.2) is 9.78 Å². The fourth-order valence-corrected chi connectivity index (χ4v) is 4.11. The number of carbonyl (C=O) groups excluding carboxylic acids is 1. The number of halogens is 1. The predicted octanol–water partition coefficient (Wildman–Crippen LogP) is 2.29. The monoisotopic (exact) mass is 528 g/mol. The molecular weight excluding hydrogens is 507 g/mol. The van der Waals surface area contributed by atoms with Crippen LogP contribution in [0.5, 0.6) is 6.01 Å². The van der Waals surface area contributed by atoms with Gasteiger partial charge in [0.1, 0.15) is 6.61 Å². The largest absolute Gasteiger partial charge is 0.461 e. The van der Waals surface area contributed by atoms with E-state index in [-0.39, 0.29) is 31.1 Å². The summed E-state index contributed by atoms with van der Waals surface area (Å²) in [6.07, 6.45) is -0.674. The number of methoxy groups -OCH3 is 1. The highest BCUT2D eigenvalue weighted by Gasteiger charge is 2.19. The zero-order valence-corrected chi connectivity index (χ0v) is 19.8. The van der Waals surface area contributed by atoms with Gasteiger partial charge in [0.2, 0.25) is 0 Å². The molecule has 3 rings (SSSR count). The first-order chi connectivity index (χ1) is 15.2. The Hall–Kier alpha value is -2.73. The van der Waals surface area contributed by atoms with Crippen molar-refractivity contribution in [2.24, 2.45) is 0 Å². The number of rotatable bonds is 9. The van der Waals surface area contributed by atoms with Crippen molar-refractivity contribution in [1.29, 1.82) is 0 Å². The Labute approximate surface area is 191 Å². The maximum atomic E-state index is 11.9. The molecule has 0 radical (unpaired) electrons. The lowest BCUT2D eigenvalue weighted by atomic mass is 10.1. The van der Waals surface area contributed by atoms with Gasteiger partial charge in [0.25, 0.3) is 0 Å². The van der Waals surface area contributed by atoms with Crippen LogP contribution in [0.1, 0.15) is 11.1 Å². The number of aromatic nitrogens is 4. The van der Waals surface area contributed by atoms with Gasteiger partial charge in [-0.1, -0.05) is 24.3 Å². The Balaban J connectivity index is 1.82. The molecule has 2 heterocycles. The van der Waals surface area contributed by atoms with E-state index in [9.17, 15) is 14.3 Å². The van der Waals surface area contributed by atoms with Gasteiger partial charge in [-0.05, 0) is 27.1 Å². The molecule has 0 aliphatic rings. The van der Waals surface area contributed by atoms with Crippen LogP contribution in [-0.2, 0) is 26.5 Å². The molecule has 172 valence electrons. The van der Waals surface area contributed by atoms with Crippen LogP contribution < -0.4 is 15.8 Å². The molecule has 0 fully saturated rings. The topological polar surface area (TPSA) is 164 Å². The molecule has 32 heavy (non-hydrogen) atoms. The number of carbonyl (C=O) groups is 1. The van der Waals surface area contributed by atoms with Crippen LogP contribution in [0.15, 0.2) is 29.0 Å². The summed E-state index contributed by atoms with van der Waals surface area (Å²) in [6.45, 7) is 0.658. The number of fused-ring (bicyclic) bond motifs is 1. The number of nitrogens with one attached hydrogen (secondary N) is 1. The molecular formula is C18H22BrN6O6P. The molecule has 0 saturated heterocycles. The predicted molar refractivity (Wildman–Crippen MR) is 119 cm³/mol. The standard InChI is InChI=1S/C18H22BrN6O6P/c1-29-18(26)21-6-7-31-17-23-14(20)13-15(24-17)25(16(19)22-13)9-11-4-3-5-12(8-11)10-32(27,28)30-2/h3-5,8H,6-7,9-10H2,1-2H3,(H,21,26)(H,27,28)(H2,20,23,24). The molecule has 14 heteroatoms. The maximum Gasteiger partial charge on any atom is 0.406 e. The second kappa shape index (κ2) is 10.3. The number of imidazole rings is 1. The molecule has 1 atom stereocenters. The van der Waals surface area contributed by atoms with Gasteiger partial charge >= 0.3 is 19.7 Å². The quantitative estimate of drug-likeness (QED) is 0.213. The third-order valence-corrected chi connectivity index (χ3v) is 6.28. The van der Waals surface area contributed by atoms with Crippen LogP contribution in [0, 0.1) is 0 Å². The second-order valence-electron chi connectivity index (χ2n) is 6.60. The lowest BCUT2D eigenvalue weighted by Gasteiger charge is -2.11. The molecule has 1 aromatic carbocycles. The molecule has 1 amide bonds. The number of benzene rings is 1. The fourth-order valence-electron chi connectivity index (χ4n) is 2.85. The van der Waals surface area contributed by atoms with Crippen molar-refractivity contribution in [2.45, 2.75) is 12.7 Å². The lowest BCUT2D eigenvalue weighted by Crippen LogP contribution is -2.28. The first-order valence-corrected chi connectivity index (χ1v) is 11.9. The van der Waals surface area contributed by atoms with Crippen molar-refractivity contribution >= 4 is 46.6 Å². The second-order valence-corrected chi connectivity index (χ2v) is 9.26. The zero-order chi connectivity index (χ0) is 23.3. The molecule has 0 aliphatic heterocycles. The maximum absolute atomic E-state index is 11.9. The van der Waals surface area contributed by atoms with E-state index in [2.05, 4.69) is 45.5 Å². The van der Waals surface area contributed by atoms with Gasteiger partial charge in [0, 0.05) is 7.11 Å². The van der Waals surface area contributed by atoms with Crippen molar-refractivity contribution in [3.05, 3.63) is 40.1 Å². The Bertz CT molecular complexity index is 1170. The average molecular weight is 529 g/mol. The minimum Gasteiger partial charge on any atom is -0.461 e. The van der Waals surface area contributed by atoms with Crippen molar-refractivity contribution < 1.29 is 28.3 Å². The van der Waals surface area contributed by atoms with Crippen molar-refractivity contribution in [2.75, 3.05) is 33.1 Å². The van der Waals surface area contributed by atoms with E-state index in [4.69, 9.17) is 10.5 Å². The summed E-state index contributed by atoms with van der Waals surface area (Å²) in [7, 11) is -1.22. The van der Waals surface area contributed by atoms with E-state index in [0.29, 0.717) is 28.0 Å². The van der Waals surface area contributed by atoms with Crippen LogP contribution >= 0.6 is 23.5 Å². The highest BCUT2D eigenvalue weighted by Crippen LogP contribution is 2.44. The summed E-state index contributed by atoms with van der Waals surface area (Å²) < 4.78 is 28.8. The first kappa shape index (κ1) is 23.9. The van der Waals surface area contributed by atoms with Gasteiger partial charge in [-0.3, -0.25) is 9.13 Å². The number of nitrogens with zero attached hydrogens (tertiary/aromatic N) is 4. The van der Waals surface area contributed by atoms with E-state index < -0.39 is 13.7 Å². The normalized spacial score (nSPS) is 13.0. The minimum absolute atomic E-state index is 0.0328. The van der Waals surface area contributed by atoms with Crippen molar-refractivity contribution in [3.63, 3.8) is 0 Å². The van der Waals surface area contributed by atoms with Gasteiger partial charge < -0.3 is 29.9 Å². The van der Waals surface area contributed by atoms with Crippen molar-refractivity contribution in [3.8, 4) is 6.01 Å². The third kappa shape index (κ3) is 5.94. The number of alkyl carbamates (subject to hydrolysis) is 1. The van der Waals surface area contributed by atoms with E-state index in [1.54, 1.807) is 22.8 Å². The van der Waals surface area contributed by atoms with Gasteiger partial charge in [0.05, 0.1) is 26.4 Å². The van der Waals surface area contributed by atoms with E-state index in [1.807, 2.05) is 6.07 Å². The Kier molecular flexibility index (Phi) is 7.67. The van der Waals surface area contributed by atoms with Gasteiger partial charge in [-0.2, -0.15) is 9.97 Å². The number of hydrogen-bond donors (Lipinski definition) is 3. The number of anilines is 1. The molecule has 4 N–H and O–H groups in total. The molecule has 0 aliphatic carbocycles. The third-order valence-electron chi connectivity index (χ3n) is 4.34. The smallest absolute Gasteiger partial charge is 0.406 e. The SMILES string of the molecule is COC(=O)NCCOc1nc(N)c2nc(Br)n(Cc3cccc(CP(=O)(O)OC)c3)c2n1. The molecule has 0 bridgehead atoms. The van der Waals surface area contributed by atoms with Crippen LogP contribution in [0.4, 0.5) is 10.6 Å². The van der Waals surface area contributed by atoms with E-state index in [1.165, 1.54) is 14.2 Å². The summed E-state index contributed by atoms with van der Waals surface area (Å²) in [6, 6.07) is 7.25. The molecule has 1 unspecified atom stereocenters. The van der Waals surface area contributed by atoms with E-state index >= 15 is 0 Å². The van der Waals surface area contributed by atoms with Crippen LogP contribution in [0.25, 0.3) is 11.2 Å². The number of nitrogen functional groups attached to an aromatic ring is 1. The van der Waals surface area contributed by atoms with Crippen LogP contribution in [0.3, 0.4) is 0 Å². The summed E-state index contributed by atoms with van der Waals surface area (Å²) in [4.78, 5) is 33.7. The minimum atomic E-state index is -3.69. The summed E-state index contributed by atoms with van der Waals surface area (Å²) in [5.41, 5.74) is 8.37. The highest BCUT2D eigenvalue weighted by atomic mass is 79.9. The Morgan fingerprint density at radius 2 is 2.03 bits per heavy atom. The molecule has 3 aromatic rings. The molecule has 0 spiro atoms. The van der Waals surface area contributed by atoms with Crippen molar-refractivity contribution in [1.82, 2.24) is 24.8 Å². The number of ether oxygens (including phenoxy) is 2. The average Bonchev–Trinajstić information content (AvgIpc) is 3.07. The van der Waals surface area contributed by atoms with Crippen LogP contribution in [-0.4, -0.2) is 57.9 Å². The number of hydrogen-bond acceptors (Lipinski definition) is 9. The highest BCUT2D eigenvalue weighted by molar-refractivity contribution is 9.10. The number of nitrogens with two attached hydrogens (primary N) is 1. The Morgan fingerprint density at radius 1 is 1.28 bits per heavy atom. The summed E-state index contributed by atoms with van der Waals surface area (Å²) in [5.74, 6) is 0.139. The lowest BCUT2D eigenvalue weighted by molar-refractivity contribution is 0.168. The zero-order valence-electron chi connectivity index (χ0n) is 17.3. The molecule has 2 aromatic heterocycles. The van der Waals surface area contributed by atoms with Crippen LogP contribution in [0.2, 0.25) is 0 Å². The molecule has 0 saturated carbocycles. The van der Waals surface area contributed by atoms with E-state index in [0.717, 1.165) is 5.56 Å². The molecule has 12 nitrogen and oxygen atoms in total. The first-order valence-electron chi connectivity index (χ1n) is 9.31. The summed E-state index contributed by atoms with van der Waals surface area (Å²) in [5, 5.41) is 2.48. The van der Waals surface area contributed by atoms with Gasteiger partial charge in [-0.15, -0.1) is 0 Å².